The van der Waals surface area contributed by atoms with Gasteiger partial charge in [-0.3, -0.25) is 9.36 Å². The highest BCUT2D eigenvalue weighted by Crippen LogP contribution is 2.19. The first-order valence-corrected chi connectivity index (χ1v) is 8.04. The van der Waals surface area contributed by atoms with E-state index in [1.54, 1.807) is 0 Å². The number of ketones is 1. The van der Waals surface area contributed by atoms with Gasteiger partial charge in [0.2, 0.25) is 10.0 Å². The van der Waals surface area contributed by atoms with E-state index in [0.717, 1.165) is 10.5 Å². The lowest BCUT2D eigenvalue weighted by atomic mass is 10.2. The van der Waals surface area contributed by atoms with E-state index in [1.165, 1.54) is 44.4 Å². The van der Waals surface area contributed by atoms with E-state index in [0.29, 0.717) is 4.57 Å². The van der Waals surface area contributed by atoms with Gasteiger partial charge in [-0.25, -0.2) is 13.4 Å². The van der Waals surface area contributed by atoms with Crippen LogP contribution in [-0.2, 0) is 16.6 Å². The van der Waals surface area contributed by atoms with Gasteiger partial charge in [-0.05, 0) is 19.1 Å². The Morgan fingerprint density at radius 1 is 1.39 bits per heavy atom. The third-order valence-corrected chi connectivity index (χ3v) is 5.07. The molecule has 0 saturated carbocycles. The Morgan fingerprint density at radius 2 is 2.09 bits per heavy atom. The maximum absolute atomic E-state index is 12.8. The molecule has 0 aliphatic heterocycles. The molecule has 0 aliphatic carbocycles. The topological polar surface area (TPSA) is 72.3 Å². The van der Waals surface area contributed by atoms with Crippen molar-refractivity contribution in [3.8, 4) is 0 Å². The number of nitrogens with zero attached hydrogens (tertiary/aromatic N) is 3. The van der Waals surface area contributed by atoms with Gasteiger partial charge < -0.3 is 0 Å². The molecule has 1 heterocycles. The number of aromatic nitrogens is 2. The molecule has 0 spiro atoms. The molecule has 1 aromatic carbocycles. The van der Waals surface area contributed by atoms with Crippen LogP contribution in [0.2, 0.25) is 0 Å². The molecule has 23 heavy (non-hydrogen) atoms. The number of alkyl halides is 2. The summed E-state index contributed by atoms with van der Waals surface area (Å²) in [5.41, 5.74) is 0.258. The third kappa shape index (κ3) is 3.62. The fourth-order valence-corrected chi connectivity index (χ4v) is 3.16. The molecule has 0 amide bonds. The van der Waals surface area contributed by atoms with Crippen LogP contribution in [0, 0.1) is 0 Å². The molecule has 1 aromatic heterocycles. The van der Waals surface area contributed by atoms with E-state index in [9.17, 15) is 22.0 Å². The zero-order chi connectivity index (χ0) is 17.2. The van der Waals surface area contributed by atoms with Crippen LogP contribution in [0.15, 0.2) is 41.6 Å². The maximum Gasteiger partial charge on any atom is 0.319 e. The van der Waals surface area contributed by atoms with Gasteiger partial charge in [-0.15, -0.1) is 0 Å². The highest BCUT2D eigenvalue weighted by atomic mass is 32.2. The lowest BCUT2D eigenvalue weighted by Gasteiger charge is -2.18. The van der Waals surface area contributed by atoms with Crippen molar-refractivity contribution in [1.29, 1.82) is 0 Å². The summed E-state index contributed by atoms with van der Waals surface area (Å²) in [4.78, 5) is 15.0. The number of Topliss-reactive ketones (excluding diaryl/α,β-unsaturated/α-hetero) is 1. The summed E-state index contributed by atoms with van der Waals surface area (Å²) in [6.45, 7) is -1.79. The molecule has 0 unspecified atom stereocenters. The second kappa shape index (κ2) is 6.55. The smallest absolute Gasteiger partial charge is 0.295 e. The summed E-state index contributed by atoms with van der Waals surface area (Å²) in [5.74, 6) is -0.341. The van der Waals surface area contributed by atoms with Crippen LogP contribution in [0.1, 0.15) is 29.7 Å². The first-order chi connectivity index (χ1) is 10.7. The van der Waals surface area contributed by atoms with Gasteiger partial charge in [0.15, 0.2) is 5.78 Å². The van der Waals surface area contributed by atoms with Crippen LogP contribution in [0.4, 0.5) is 8.78 Å². The summed E-state index contributed by atoms with van der Waals surface area (Å²) in [7, 11) is -2.67. The summed E-state index contributed by atoms with van der Waals surface area (Å²) >= 11 is 0. The molecule has 2 aromatic rings. The number of imidazole rings is 1. The van der Waals surface area contributed by atoms with Gasteiger partial charge in [0.1, 0.15) is 5.82 Å². The number of halogens is 2. The number of rotatable bonds is 6. The van der Waals surface area contributed by atoms with Gasteiger partial charge in [-0.2, -0.15) is 13.1 Å². The minimum atomic E-state index is -3.93. The van der Waals surface area contributed by atoms with Crippen molar-refractivity contribution in [3.05, 3.63) is 48.0 Å². The monoisotopic (exact) mass is 343 g/mol. The third-order valence-electron chi connectivity index (χ3n) is 3.27. The predicted molar refractivity (Wildman–Crippen MR) is 78.6 cm³/mol. The zero-order valence-electron chi connectivity index (χ0n) is 12.5. The fourth-order valence-electron chi connectivity index (χ4n) is 1.98. The summed E-state index contributed by atoms with van der Waals surface area (Å²) < 4.78 is 52.1. The minimum absolute atomic E-state index is 0.0752. The van der Waals surface area contributed by atoms with E-state index in [2.05, 4.69) is 4.98 Å². The molecule has 2 rings (SSSR count). The van der Waals surface area contributed by atoms with E-state index in [4.69, 9.17) is 0 Å². The SMILES string of the molecule is CC(=O)c1cccc(S(=O)(=O)N(C)Cc2nccn2C(F)F)c1. The van der Waals surface area contributed by atoms with Crippen molar-refractivity contribution in [1.82, 2.24) is 13.9 Å². The van der Waals surface area contributed by atoms with Crippen LogP contribution in [0.5, 0.6) is 0 Å². The van der Waals surface area contributed by atoms with Crippen molar-refractivity contribution in [3.63, 3.8) is 0 Å². The zero-order valence-corrected chi connectivity index (χ0v) is 13.3. The highest BCUT2D eigenvalue weighted by Gasteiger charge is 2.24. The molecule has 124 valence electrons. The second-order valence-corrected chi connectivity index (χ2v) is 6.92. The van der Waals surface area contributed by atoms with Gasteiger partial charge >= 0.3 is 6.55 Å². The molecule has 0 radical (unpaired) electrons. The average Bonchev–Trinajstić information content (AvgIpc) is 2.95. The Balaban J connectivity index is 2.30. The number of sulfonamides is 1. The molecule has 9 heteroatoms. The molecule has 0 atom stereocenters. The number of hydrogen-bond acceptors (Lipinski definition) is 4. The molecule has 0 N–H and O–H groups in total. The van der Waals surface area contributed by atoms with Gasteiger partial charge in [-0.1, -0.05) is 12.1 Å². The van der Waals surface area contributed by atoms with E-state index in [1.807, 2.05) is 0 Å². The van der Waals surface area contributed by atoms with Crippen LogP contribution >= 0.6 is 0 Å². The Hall–Kier alpha value is -2.13. The van der Waals surface area contributed by atoms with E-state index >= 15 is 0 Å². The second-order valence-electron chi connectivity index (χ2n) is 4.87. The standard InChI is InChI=1S/C14H15F2N3O3S/c1-10(20)11-4-3-5-12(8-11)23(21,22)18(2)9-13-17-6-7-19(13)14(15)16/h3-8,14H,9H2,1-2H3. The minimum Gasteiger partial charge on any atom is -0.295 e. The van der Waals surface area contributed by atoms with Gasteiger partial charge in [0.25, 0.3) is 0 Å². The molecule has 6 nitrogen and oxygen atoms in total. The van der Waals surface area contributed by atoms with Crippen molar-refractivity contribution in [2.24, 2.45) is 0 Å². The molecule has 0 fully saturated rings. The fraction of sp³-hybridized carbons (Fsp3) is 0.286. The molecule has 0 bridgehead atoms. The first kappa shape index (κ1) is 17.2. The largest absolute Gasteiger partial charge is 0.319 e. The molecule has 0 saturated heterocycles. The number of carbonyl (C=O) groups excluding carboxylic acids is 1. The molecular formula is C14H15F2N3O3S. The first-order valence-electron chi connectivity index (χ1n) is 6.60. The average molecular weight is 343 g/mol. The maximum atomic E-state index is 12.8. The number of hydrogen-bond donors (Lipinski definition) is 0. The Bertz CT molecular complexity index is 818. The number of benzene rings is 1. The predicted octanol–water partition coefficient (Wildman–Crippen LogP) is 2.30. The molecule has 0 aliphatic rings. The highest BCUT2D eigenvalue weighted by molar-refractivity contribution is 7.89. The van der Waals surface area contributed by atoms with Crippen LogP contribution in [0.25, 0.3) is 0 Å². The Kier molecular flexibility index (Phi) is 4.90. The summed E-state index contributed by atoms with van der Waals surface area (Å²) in [6, 6.07) is 5.56. The Morgan fingerprint density at radius 3 is 2.70 bits per heavy atom. The van der Waals surface area contributed by atoms with Crippen molar-refractivity contribution >= 4 is 15.8 Å². The lowest BCUT2D eigenvalue weighted by Crippen LogP contribution is -2.28. The van der Waals surface area contributed by atoms with Crippen molar-refractivity contribution in [2.75, 3.05) is 7.05 Å². The Labute approximate surface area is 132 Å². The summed E-state index contributed by atoms with van der Waals surface area (Å²) in [5, 5.41) is 0. The van der Waals surface area contributed by atoms with Gasteiger partial charge in [0.05, 0.1) is 11.4 Å². The molecular weight excluding hydrogens is 328 g/mol. The van der Waals surface area contributed by atoms with Crippen LogP contribution < -0.4 is 0 Å². The van der Waals surface area contributed by atoms with Crippen molar-refractivity contribution < 1.29 is 22.0 Å². The normalized spacial score (nSPS) is 12.1. The van der Waals surface area contributed by atoms with E-state index < -0.39 is 16.6 Å². The quantitative estimate of drug-likeness (QED) is 0.755. The lowest BCUT2D eigenvalue weighted by molar-refractivity contribution is 0.0658. The summed E-state index contributed by atoms with van der Waals surface area (Å²) in [6.07, 6.45) is 2.26. The van der Waals surface area contributed by atoms with Crippen LogP contribution in [0.3, 0.4) is 0 Å². The van der Waals surface area contributed by atoms with Crippen molar-refractivity contribution in [2.45, 2.75) is 24.9 Å². The van der Waals surface area contributed by atoms with Gasteiger partial charge in [0, 0.05) is 25.0 Å². The van der Waals surface area contributed by atoms with E-state index in [-0.39, 0.29) is 28.6 Å². The van der Waals surface area contributed by atoms with Crippen LogP contribution in [-0.4, -0.2) is 35.1 Å². The number of carbonyl (C=O) groups is 1.